The Bertz CT molecular complexity index is 967. The highest BCUT2D eigenvalue weighted by molar-refractivity contribution is 5.26. The summed E-state index contributed by atoms with van der Waals surface area (Å²) in [5, 5.41) is 0. The van der Waals surface area contributed by atoms with Gasteiger partial charge in [-0.1, -0.05) is 134 Å². The van der Waals surface area contributed by atoms with Crippen molar-refractivity contribution in [3.05, 3.63) is 77.2 Å². The Labute approximate surface area is 255 Å². The van der Waals surface area contributed by atoms with E-state index in [1.165, 1.54) is 100 Å². The Balaban J connectivity index is 1.35. The van der Waals surface area contributed by atoms with E-state index in [9.17, 15) is 0 Å². The molecule has 0 amide bonds. The first-order valence-corrected chi connectivity index (χ1v) is 17.5. The first-order chi connectivity index (χ1) is 19.9. The lowest BCUT2D eigenvalue weighted by Crippen LogP contribution is -2.30. The SMILES string of the molecule is C=C=C(CCCc1ccc(CC2CCC(CCC(CCC)CC(C)CC)CC2)cc1)N(C)C1C=CC(CCC)=CC1. The van der Waals surface area contributed by atoms with Crippen LogP contribution in [0, 0.1) is 23.7 Å². The molecule has 1 heteroatoms. The van der Waals surface area contributed by atoms with Gasteiger partial charge < -0.3 is 4.90 Å². The Morgan fingerprint density at radius 2 is 1.66 bits per heavy atom. The molecule has 0 bridgehead atoms. The molecule has 0 N–H and O–H groups in total. The monoisotopic (exact) mass is 557 g/mol. The molecule has 1 saturated carbocycles. The molecule has 1 aromatic carbocycles. The molecule has 0 heterocycles. The van der Waals surface area contributed by atoms with Gasteiger partial charge in [-0.3, -0.25) is 0 Å². The molecule has 0 spiro atoms. The van der Waals surface area contributed by atoms with Gasteiger partial charge in [0.05, 0.1) is 11.7 Å². The number of benzene rings is 1. The van der Waals surface area contributed by atoms with Gasteiger partial charge >= 0.3 is 0 Å². The third kappa shape index (κ3) is 11.7. The molecule has 2 aliphatic carbocycles. The van der Waals surface area contributed by atoms with Gasteiger partial charge in [-0.2, -0.15) is 0 Å². The van der Waals surface area contributed by atoms with Gasteiger partial charge in [0.1, 0.15) is 0 Å². The Hall–Kier alpha value is -1.98. The molecule has 41 heavy (non-hydrogen) atoms. The van der Waals surface area contributed by atoms with Crippen LogP contribution in [-0.2, 0) is 12.8 Å². The standard InChI is InChI=1S/C40H63N/c1-7-12-33-26-28-40(29-27-33)41(6)39(10-4)15-11-14-34-16-22-37(23-17-34)31-38-24-19-35(20-25-38)18-21-36(13-8-2)30-32(5)9-3/h16-17,22-23,26-28,32,35-36,38,40H,4,7-9,11-15,18-21,24-25,29-31H2,1-3,5-6H3. The summed E-state index contributed by atoms with van der Waals surface area (Å²) < 4.78 is 0. The minimum atomic E-state index is 0.432. The molecule has 0 aliphatic heterocycles. The number of likely N-dealkylation sites (N-methyl/N-ethyl adjacent to an activating group) is 1. The van der Waals surface area contributed by atoms with E-state index in [1.54, 1.807) is 5.56 Å². The van der Waals surface area contributed by atoms with Gasteiger partial charge in [-0.15, -0.1) is 5.73 Å². The highest BCUT2D eigenvalue weighted by Crippen LogP contribution is 2.36. The molecule has 0 aromatic heterocycles. The third-order valence-corrected chi connectivity index (χ3v) is 10.3. The number of allylic oxidation sites excluding steroid dienone is 3. The Morgan fingerprint density at radius 1 is 0.951 bits per heavy atom. The molecule has 228 valence electrons. The van der Waals surface area contributed by atoms with E-state index in [4.69, 9.17) is 0 Å². The van der Waals surface area contributed by atoms with E-state index in [1.807, 2.05) is 0 Å². The fourth-order valence-electron chi connectivity index (χ4n) is 7.36. The molecule has 1 nitrogen and oxygen atoms in total. The molecule has 3 rings (SSSR count). The van der Waals surface area contributed by atoms with Crippen molar-refractivity contribution in [1.82, 2.24) is 4.90 Å². The zero-order valence-corrected chi connectivity index (χ0v) is 27.6. The second-order valence-electron chi connectivity index (χ2n) is 13.7. The maximum Gasteiger partial charge on any atom is 0.0560 e. The van der Waals surface area contributed by atoms with Gasteiger partial charge in [0.15, 0.2) is 0 Å². The van der Waals surface area contributed by atoms with Crippen LogP contribution >= 0.6 is 0 Å². The minimum absolute atomic E-state index is 0.432. The zero-order valence-electron chi connectivity index (χ0n) is 27.6. The van der Waals surface area contributed by atoms with E-state index in [-0.39, 0.29) is 0 Å². The van der Waals surface area contributed by atoms with E-state index in [2.05, 4.69) is 94.4 Å². The molecular weight excluding hydrogens is 494 g/mol. The second-order valence-corrected chi connectivity index (χ2v) is 13.7. The summed E-state index contributed by atoms with van der Waals surface area (Å²) in [6.45, 7) is 13.4. The summed E-state index contributed by atoms with van der Waals surface area (Å²) in [7, 11) is 2.21. The van der Waals surface area contributed by atoms with Crippen molar-refractivity contribution in [3.8, 4) is 0 Å². The molecule has 3 atom stereocenters. The van der Waals surface area contributed by atoms with Crippen LogP contribution in [0.15, 0.2) is 66.1 Å². The molecule has 1 fully saturated rings. The fourth-order valence-corrected chi connectivity index (χ4v) is 7.36. The molecular formula is C40H63N. The van der Waals surface area contributed by atoms with Crippen LogP contribution in [0.5, 0.6) is 0 Å². The lowest BCUT2D eigenvalue weighted by Gasteiger charge is -2.30. The lowest BCUT2D eigenvalue weighted by atomic mass is 9.76. The summed E-state index contributed by atoms with van der Waals surface area (Å²) in [5.41, 5.74) is 8.99. The van der Waals surface area contributed by atoms with E-state index >= 15 is 0 Å². The highest BCUT2D eigenvalue weighted by Gasteiger charge is 2.23. The van der Waals surface area contributed by atoms with E-state index < -0.39 is 0 Å². The van der Waals surface area contributed by atoms with Crippen LogP contribution in [0.1, 0.15) is 135 Å². The van der Waals surface area contributed by atoms with Crippen LogP contribution in [0.4, 0.5) is 0 Å². The summed E-state index contributed by atoms with van der Waals surface area (Å²) in [4.78, 5) is 2.39. The Kier molecular flexibility index (Phi) is 15.2. The molecule has 3 unspecified atom stereocenters. The fraction of sp³-hybridized carbons (Fsp3) is 0.675. The smallest absolute Gasteiger partial charge is 0.0560 e. The van der Waals surface area contributed by atoms with Gasteiger partial charge in [-0.05, 0) is 92.6 Å². The summed E-state index contributed by atoms with van der Waals surface area (Å²) >= 11 is 0. The lowest BCUT2D eigenvalue weighted by molar-refractivity contribution is 0.236. The first kappa shape index (κ1) is 33.5. The maximum atomic E-state index is 4.01. The van der Waals surface area contributed by atoms with E-state index in [0.29, 0.717) is 6.04 Å². The normalized spacial score (nSPS) is 22.1. The van der Waals surface area contributed by atoms with Crippen molar-refractivity contribution in [1.29, 1.82) is 0 Å². The highest BCUT2D eigenvalue weighted by atomic mass is 15.1. The largest absolute Gasteiger partial charge is 0.365 e. The minimum Gasteiger partial charge on any atom is -0.365 e. The number of hydrogen-bond acceptors (Lipinski definition) is 1. The number of nitrogens with zero attached hydrogens (tertiary/aromatic N) is 1. The van der Waals surface area contributed by atoms with Gasteiger partial charge in [0.25, 0.3) is 0 Å². The predicted molar refractivity (Wildman–Crippen MR) is 181 cm³/mol. The molecule has 0 radical (unpaired) electrons. The summed E-state index contributed by atoms with van der Waals surface area (Å²) in [5.74, 6) is 3.75. The van der Waals surface area contributed by atoms with Crippen LogP contribution in [-0.4, -0.2) is 18.0 Å². The number of aryl methyl sites for hydroxylation is 1. The number of hydrogen-bond donors (Lipinski definition) is 0. The van der Waals surface area contributed by atoms with Crippen molar-refractivity contribution < 1.29 is 0 Å². The van der Waals surface area contributed by atoms with Crippen LogP contribution in [0.25, 0.3) is 0 Å². The molecule has 2 aliphatic rings. The topological polar surface area (TPSA) is 3.24 Å². The first-order valence-electron chi connectivity index (χ1n) is 17.5. The van der Waals surface area contributed by atoms with Crippen molar-refractivity contribution in [2.24, 2.45) is 23.7 Å². The van der Waals surface area contributed by atoms with Gasteiger partial charge in [0.2, 0.25) is 0 Å². The van der Waals surface area contributed by atoms with Gasteiger partial charge in [-0.25, -0.2) is 0 Å². The van der Waals surface area contributed by atoms with Crippen molar-refractivity contribution in [2.75, 3.05) is 7.05 Å². The number of rotatable bonds is 18. The molecule has 1 aromatic rings. The van der Waals surface area contributed by atoms with Crippen LogP contribution < -0.4 is 0 Å². The van der Waals surface area contributed by atoms with Crippen molar-refractivity contribution in [3.63, 3.8) is 0 Å². The van der Waals surface area contributed by atoms with Crippen LogP contribution in [0.3, 0.4) is 0 Å². The quantitative estimate of drug-likeness (QED) is 0.162. The second kappa shape index (κ2) is 18.5. The van der Waals surface area contributed by atoms with Crippen molar-refractivity contribution >= 4 is 0 Å². The summed E-state index contributed by atoms with van der Waals surface area (Å²) in [6, 6.07) is 10.0. The zero-order chi connectivity index (χ0) is 29.5. The Morgan fingerprint density at radius 3 is 2.27 bits per heavy atom. The predicted octanol–water partition coefficient (Wildman–Crippen LogP) is 11.6. The maximum absolute atomic E-state index is 4.01. The molecule has 0 saturated heterocycles. The third-order valence-electron chi connectivity index (χ3n) is 10.3. The van der Waals surface area contributed by atoms with Crippen molar-refractivity contribution in [2.45, 2.75) is 143 Å². The van der Waals surface area contributed by atoms with Gasteiger partial charge in [0, 0.05) is 7.05 Å². The average Bonchev–Trinajstić information content (AvgIpc) is 3.00. The average molecular weight is 558 g/mol. The summed E-state index contributed by atoms with van der Waals surface area (Å²) in [6.07, 6.45) is 29.5. The van der Waals surface area contributed by atoms with Crippen LogP contribution in [0.2, 0.25) is 0 Å². The van der Waals surface area contributed by atoms with E-state index in [0.717, 1.165) is 49.4 Å².